The first kappa shape index (κ1) is 17.6. The first-order valence-electron chi connectivity index (χ1n) is 8.05. The maximum absolute atomic E-state index is 11.8. The van der Waals surface area contributed by atoms with E-state index in [0.29, 0.717) is 12.5 Å². The van der Waals surface area contributed by atoms with E-state index in [2.05, 4.69) is 33.1 Å². The van der Waals surface area contributed by atoms with Crippen molar-refractivity contribution in [2.75, 3.05) is 20.1 Å². The Kier molecular flexibility index (Phi) is 7.40. The van der Waals surface area contributed by atoms with Crippen molar-refractivity contribution in [2.24, 2.45) is 4.99 Å². The van der Waals surface area contributed by atoms with Gasteiger partial charge in [-0.1, -0.05) is 30.3 Å². The van der Waals surface area contributed by atoms with Crippen molar-refractivity contribution in [2.45, 2.75) is 19.4 Å². The van der Waals surface area contributed by atoms with Gasteiger partial charge in [0.25, 0.3) is 0 Å². The first-order valence-corrected chi connectivity index (χ1v) is 8.05. The Hall–Kier alpha value is -2.76. The maximum atomic E-state index is 11.8. The zero-order chi connectivity index (χ0) is 17.0. The van der Waals surface area contributed by atoms with E-state index < -0.39 is 0 Å². The van der Waals surface area contributed by atoms with Crippen LogP contribution in [0.4, 0.5) is 0 Å². The van der Waals surface area contributed by atoms with Gasteiger partial charge in [-0.25, -0.2) is 0 Å². The second kappa shape index (κ2) is 10.1. The van der Waals surface area contributed by atoms with E-state index in [1.165, 1.54) is 5.56 Å². The number of nitrogens with zero attached hydrogens (tertiary/aromatic N) is 1. The molecule has 0 unspecified atom stereocenters. The number of benzene rings is 1. The summed E-state index contributed by atoms with van der Waals surface area (Å²) in [5, 5.41) is 8.97. The van der Waals surface area contributed by atoms with Gasteiger partial charge in [0.1, 0.15) is 5.76 Å². The molecule has 0 saturated heterocycles. The Morgan fingerprint density at radius 3 is 2.62 bits per heavy atom. The molecule has 0 radical (unpaired) electrons. The summed E-state index contributed by atoms with van der Waals surface area (Å²) in [6, 6.07) is 14.0. The third-order valence-corrected chi connectivity index (χ3v) is 3.46. The minimum absolute atomic E-state index is 0.112. The van der Waals surface area contributed by atoms with Crippen molar-refractivity contribution in [3.05, 3.63) is 60.1 Å². The molecule has 24 heavy (non-hydrogen) atoms. The molecule has 0 atom stereocenters. The molecule has 2 aromatic rings. The smallest absolute Gasteiger partial charge is 0.239 e. The molecule has 128 valence electrons. The van der Waals surface area contributed by atoms with Gasteiger partial charge in [0.05, 0.1) is 19.4 Å². The van der Waals surface area contributed by atoms with Crippen molar-refractivity contribution in [3.63, 3.8) is 0 Å². The molecule has 0 fully saturated rings. The highest BCUT2D eigenvalue weighted by molar-refractivity contribution is 5.86. The molecule has 0 aliphatic carbocycles. The van der Waals surface area contributed by atoms with Crippen molar-refractivity contribution in [1.29, 1.82) is 0 Å². The number of rotatable bonds is 8. The van der Waals surface area contributed by atoms with Gasteiger partial charge >= 0.3 is 0 Å². The Morgan fingerprint density at radius 1 is 1.08 bits per heavy atom. The number of amides is 1. The predicted molar refractivity (Wildman–Crippen MR) is 94.7 cm³/mol. The molecule has 1 heterocycles. The minimum Gasteiger partial charge on any atom is -0.467 e. The number of carbonyl (C=O) groups is 1. The molecule has 0 bridgehead atoms. The van der Waals surface area contributed by atoms with Crippen molar-refractivity contribution < 1.29 is 9.21 Å². The number of hydrogen-bond acceptors (Lipinski definition) is 3. The van der Waals surface area contributed by atoms with Crippen LogP contribution < -0.4 is 16.0 Å². The third kappa shape index (κ3) is 6.56. The van der Waals surface area contributed by atoms with Gasteiger partial charge in [0.2, 0.25) is 5.91 Å². The van der Waals surface area contributed by atoms with E-state index in [1.54, 1.807) is 19.4 Å². The van der Waals surface area contributed by atoms with E-state index in [4.69, 9.17) is 4.42 Å². The van der Waals surface area contributed by atoms with E-state index >= 15 is 0 Å². The number of hydrogen-bond donors (Lipinski definition) is 3. The third-order valence-electron chi connectivity index (χ3n) is 3.46. The van der Waals surface area contributed by atoms with Crippen LogP contribution in [0.3, 0.4) is 0 Å². The Morgan fingerprint density at radius 2 is 1.92 bits per heavy atom. The van der Waals surface area contributed by atoms with Gasteiger partial charge in [-0.05, 0) is 30.5 Å². The zero-order valence-electron chi connectivity index (χ0n) is 13.9. The molecule has 0 spiro atoms. The summed E-state index contributed by atoms with van der Waals surface area (Å²) >= 11 is 0. The Labute approximate surface area is 142 Å². The number of nitrogens with one attached hydrogen (secondary N) is 3. The number of guanidine groups is 1. The monoisotopic (exact) mass is 328 g/mol. The van der Waals surface area contributed by atoms with E-state index in [1.807, 2.05) is 24.3 Å². The number of carbonyl (C=O) groups excluding carboxylic acids is 1. The normalized spacial score (nSPS) is 11.1. The molecule has 3 N–H and O–H groups in total. The maximum Gasteiger partial charge on any atom is 0.239 e. The van der Waals surface area contributed by atoms with Crippen LogP contribution in [0.2, 0.25) is 0 Å². The van der Waals surface area contributed by atoms with Crippen LogP contribution in [0.1, 0.15) is 17.7 Å². The fourth-order valence-corrected chi connectivity index (χ4v) is 2.19. The lowest BCUT2D eigenvalue weighted by molar-refractivity contribution is -0.120. The fourth-order valence-electron chi connectivity index (χ4n) is 2.19. The molecule has 1 aromatic heterocycles. The first-order chi connectivity index (χ1) is 11.8. The lowest BCUT2D eigenvalue weighted by Crippen LogP contribution is -2.43. The van der Waals surface area contributed by atoms with Crippen LogP contribution in [0.25, 0.3) is 0 Å². The highest BCUT2D eigenvalue weighted by atomic mass is 16.3. The predicted octanol–water partition coefficient (Wildman–Crippen LogP) is 1.69. The van der Waals surface area contributed by atoms with Gasteiger partial charge in [-0.15, -0.1) is 0 Å². The Balaban J connectivity index is 1.58. The molecule has 1 aromatic carbocycles. The minimum atomic E-state index is -0.112. The van der Waals surface area contributed by atoms with E-state index in [9.17, 15) is 4.79 Å². The van der Waals surface area contributed by atoms with Gasteiger partial charge < -0.3 is 20.4 Å². The van der Waals surface area contributed by atoms with Crippen LogP contribution >= 0.6 is 0 Å². The number of aryl methyl sites for hydroxylation is 1. The van der Waals surface area contributed by atoms with Crippen LogP contribution in [-0.2, 0) is 17.8 Å². The van der Waals surface area contributed by atoms with Crippen LogP contribution in [0, 0.1) is 0 Å². The molecule has 2 rings (SSSR count). The molecule has 6 nitrogen and oxygen atoms in total. The summed E-state index contributed by atoms with van der Waals surface area (Å²) in [5.41, 5.74) is 1.32. The second-order valence-corrected chi connectivity index (χ2v) is 5.30. The number of aliphatic imine (C=N–C) groups is 1. The van der Waals surface area contributed by atoms with Gasteiger partial charge in [-0.3, -0.25) is 9.79 Å². The standard InChI is InChI=1S/C18H24N4O2/c1-19-18(20-11-5-9-15-7-3-2-4-8-15)22-14-17(23)21-13-16-10-6-12-24-16/h2-4,6-8,10,12H,5,9,11,13-14H2,1H3,(H,21,23)(H2,19,20,22). The summed E-state index contributed by atoms with van der Waals surface area (Å²) in [7, 11) is 1.69. The van der Waals surface area contributed by atoms with Gasteiger partial charge in [0.15, 0.2) is 5.96 Å². The highest BCUT2D eigenvalue weighted by Crippen LogP contribution is 2.01. The number of furan rings is 1. The lowest BCUT2D eigenvalue weighted by Gasteiger charge is -2.11. The van der Waals surface area contributed by atoms with Crippen LogP contribution in [0.15, 0.2) is 58.1 Å². The topological polar surface area (TPSA) is 78.7 Å². The van der Waals surface area contributed by atoms with Gasteiger partial charge in [0, 0.05) is 13.6 Å². The summed E-state index contributed by atoms with van der Waals surface area (Å²) in [4.78, 5) is 15.9. The van der Waals surface area contributed by atoms with E-state index in [-0.39, 0.29) is 12.5 Å². The highest BCUT2D eigenvalue weighted by Gasteiger charge is 2.04. The molecular weight excluding hydrogens is 304 g/mol. The van der Waals surface area contributed by atoms with Gasteiger partial charge in [-0.2, -0.15) is 0 Å². The molecule has 0 saturated carbocycles. The lowest BCUT2D eigenvalue weighted by atomic mass is 10.1. The van der Waals surface area contributed by atoms with Crippen molar-refractivity contribution in [3.8, 4) is 0 Å². The van der Waals surface area contributed by atoms with Crippen LogP contribution in [0.5, 0.6) is 0 Å². The fraction of sp³-hybridized carbons (Fsp3) is 0.333. The second-order valence-electron chi connectivity index (χ2n) is 5.30. The largest absolute Gasteiger partial charge is 0.467 e. The SMILES string of the molecule is CN=C(NCCCc1ccccc1)NCC(=O)NCc1ccco1. The summed E-state index contributed by atoms with van der Waals surface area (Å²) in [6.07, 6.45) is 3.59. The average Bonchev–Trinajstić information content (AvgIpc) is 3.14. The average molecular weight is 328 g/mol. The summed E-state index contributed by atoms with van der Waals surface area (Å²) in [6.45, 7) is 1.35. The summed E-state index contributed by atoms with van der Waals surface area (Å²) in [5.74, 6) is 1.24. The zero-order valence-corrected chi connectivity index (χ0v) is 13.9. The van der Waals surface area contributed by atoms with E-state index in [0.717, 1.165) is 25.1 Å². The van der Waals surface area contributed by atoms with Crippen molar-refractivity contribution in [1.82, 2.24) is 16.0 Å². The quantitative estimate of drug-likeness (QED) is 0.391. The molecule has 0 aliphatic heterocycles. The van der Waals surface area contributed by atoms with Crippen molar-refractivity contribution >= 4 is 11.9 Å². The molecule has 0 aliphatic rings. The molecule has 1 amide bonds. The summed E-state index contributed by atoms with van der Waals surface area (Å²) < 4.78 is 5.16. The van der Waals surface area contributed by atoms with Crippen LogP contribution in [-0.4, -0.2) is 32.0 Å². The Bertz CT molecular complexity index is 624. The molecular formula is C18H24N4O2. The molecule has 6 heteroatoms.